The number of ether oxygens (including phenoxy) is 1. The van der Waals surface area contributed by atoms with Gasteiger partial charge in [-0.3, -0.25) is 9.69 Å². The van der Waals surface area contributed by atoms with E-state index in [0.717, 1.165) is 34.8 Å². The molecule has 1 aliphatic heterocycles. The van der Waals surface area contributed by atoms with Crippen molar-refractivity contribution < 1.29 is 9.53 Å². The van der Waals surface area contributed by atoms with Gasteiger partial charge in [0.25, 0.3) is 0 Å². The predicted molar refractivity (Wildman–Crippen MR) is 124 cm³/mol. The zero-order chi connectivity index (χ0) is 21.8. The molecule has 162 valence electrons. The van der Waals surface area contributed by atoms with Crippen molar-refractivity contribution in [3.63, 3.8) is 0 Å². The van der Waals surface area contributed by atoms with Crippen molar-refractivity contribution in [1.29, 1.82) is 0 Å². The monoisotopic (exact) mass is 477 g/mol. The van der Waals surface area contributed by atoms with E-state index in [-0.39, 0.29) is 11.7 Å². The lowest BCUT2D eigenvalue weighted by molar-refractivity contribution is -0.115. The van der Waals surface area contributed by atoms with Gasteiger partial charge in [-0.1, -0.05) is 53.2 Å². The predicted octanol–water partition coefficient (Wildman–Crippen LogP) is 4.28. The summed E-state index contributed by atoms with van der Waals surface area (Å²) in [6.45, 7) is 5.61. The van der Waals surface area contributed by atoms with E-state index < -0.39 is 5.25 Å². The van der Waals surface area contributed by atoms with E-state index >= 15 is 0 Å². The molecule has 4 rings (SSSR count). The average Bonchev–Trinajstić information content (AvgIpc) is 2.76. The van der Waals surface area contributed by atoms with Gasteiger partial charge in [0.2, 0.25) is 5.91 Å². The van der Waals surface area contributed by atoms with Crippen LogP contribution >= 0.6 is 35.0 Å². The van der Waals surface area contributed by atoms with Crippen molar-refractivity contribution in [2.75, 3.05) is 31.6 Å². The number of benzene rings is 1. The van der Waals surface area contributed by atoms with Gasteiger partial charge in [-0.05, 0) is 19.1 Å². The summed E-state index contributed by atoms with van der Waals surface area (Å²) in [4.78, 5) is 28.6. The van der Waals surface area contributed by atoms with E-state index in [0.29, 0.717) is 29.8 Å². The number of carbonyl (C=O) groups is 1. The SMILES string of the molecule is CC(Sc1nc(CN2CCOCC2)nc2ccccc12)C(=O)Nc1ncc(Cl)cc1Cl. The average molecular weight is 478 g/mol. The summed E-state index contributed by atoms with van der Waals surface area (Å²) in [6.07, 6.45) is 1.44. The number of nitrogens with zero attached hydrogens (tertiary/aromatic N) is 4. The number of hydrogen-bond acceptors (Lipinski definition) is 7. The molecule has 0 saturated carbocycles. The fraction of sp³-hybridized carbons (Fsp3) is 0.333. The number of anilines is 1. The first-order valence-corrected chi connectivity index (χ1v) is 11.5. The van der Waals surface area contributed by atoms with E-state index in [4.69, 9.17) is 37.9 Å². The van der Waals surface area contributed by atoms with E-state index in [1.54, 1.807) is 6.07 Å². The number of hydrogen-bond donors (Lipinski definition) is 1. The molecule has 1 unspecified atom stereocenters. The van der Waals surface area contributed by atoms with Gasteiger partial charge in [-0.15, -0.1) is 0 Å². The molecule has 0 radical (unpaired) electrons. The molecule has 1 atom stereocenters. The Hall–Kier alpha value is -1.97. The maximum atomic E-state index is 12.8. The smallest absolute Gasteiger partial charge is 0.238 e. The molecule has 1 aliphatic rings. The Bertz CT molecular complexity index is 1090. The minimum Gasteiger partial charge on any atom is -0.379 e. The van der Waals surface area contributed by atoms with Crippen LogP contribution in [0.4, 0.5) is 5.82 Å². The number of halogens is 2. The summed E-state index contributed by atoms with van der Waals surface area (Å²) in [7, 11) is 0. The number of pyridine rings is 1. The van der Waals surface area contributed by atoms with Crippen LogP contribution in [0.3, 0.4) is 0 Å². The van der Waals surface area contributed by atoms with Crippen molar-refractivity contribution >= 4 is 57.6 Å². The highest BCUT2D eigenvalue weighted by Gasteiger charge is 2.20. The normalized spacial score (nSPS) is 15.7. The van der Waals surface area contributed by atoms with Crippen molar-refractivity contribution in [2.45, 2.75) is 23.7 Å². The second kappa shape index (κ2) is 10.1. The Morgan fingerprint density at radius 1 is 1.26 bits per heavy atom. The van der Waals surface area contributed by atoms with Crippen molar-refractivity contribution in [3.8, 4) is 0 Å². The minimum atomic E-state index is -0.428. The van der Waals surface area contributed by atoms with Crippen molar-refractivity contribution in [3.05, 3.63) is 52.4 Å². The molecule has 1 amide bonds. The topological polar surface area (TPSA) is 80.2 Å². The third-order valence-corrected chi connectivity index (χ3v) is 6.39. The highest BCUT2D eigenvalue weighted by Crippen LogP contribution is 2.30. The zero-order valence-corrected chi connectivity index (χ0v) is 19.2. The van der Waals surface area contributed by atoms with Gasteiger partial charge in [0.1, 0.15) is 10.9 Å². The molecular formula is C21H21Cl2N5O2S. The number of nitrogens with one attached hydrogen (secondary N) is 1. The number of fused-ring (bicyclic) bond motifs is 1. The lowest BCUT2D eigenvalue weighted by atomic mass is 10.2. The number of aromatic nitrogens is 3. The van der Waals surface area contributed by atoms with Crippen molar-refractivity contribution in [1.82, 2.24) is 19.9 Å². The second-order valence-electron chi connectivity index (χ2n) is 7.08. The van der Waals surface area contributed by atoms with Crippen LogP contribution in [-0.4, -0.2) is 57.3 Å². The zero-order valence-electron chi connectivity index (χ0n) is 16.8. The van der Waals surface area contributed by atoms with Gasteiger partial charge in [0.15, 0.2) is 5.82 Å². The van der Waals surface area contributed by atoms with Gasteiger partial charge in [-0.2, -0.15) is 0 Å². The highest BCUT2D eigenvalue weighted by atomic mass is 35.5. The maximum Gasteiger partial charge on any atom is 0.238 e. The number of thioether (sulfide) groups is 1. The molecule has 31 heavy (non-hydrogen) atoms. The van der Waals surface area contributed by atoms with Crippen LogP contribution in [0, 0.1) is 0 Å². The van der Waals surface area contributed by atoms with Gasteiger partial charge in [0, 0.05) is 24.7 Å². The van der Waals surface area contributed by atoms with E-state index in [1.807, 2.05) is 31.2 Å². The fourth-order valence-electron chi connectivity index (χ4n) is 3.16. The third-order valence-electron chi connectivity index (χ3n) is 4.79. The highest BCUT2D eigenvalue weighted by molar-refractivity contribution is 8.00. The molecule has 1 N–H and O–H groups in total. The minimum absolute atomic E-state index is 0.223. The number of carbonyl (C=O) groups excluding carboxylic acids is 1. The first kappa shape index (κ1) is 22.2. The number of rotatable bonds is 6. The summed E-state index contributed by atoms with van der Waals surface area (Å²) in [6, 6.07) is 9.37. The molecule has 3 aromatic rings. The van der Waals surface area contributed by atoms with Crippen LogP contribution in [0.25, 0.3) is 10.9 Å². The summed E-state index contributed by atoms with van der Waals surface area (Å²) in [5.41, 5.74) is 0.860. The van der Waals surface area contributed by atoms with E-state index in [1.165, 1.54) is 18.0 Å². The molecule has 3 heterocycles. The summed E-state index contributed by atoms with van der Waals surface area (Å²) < 4.78 is 5.42. The van der Waals surface area contributed by atoms with E-state index in [9.17, 15) is 4.79 Å². The molecule has 1 fully saturated rings. The molecule has 10 heteroatoms. The van der Waals surface area contributed by atoms with E-state index in [2.05, 4.69) is 15.2 Å². The fourth-order valence-corrected chi connectivity index (χ4v) is 4.54. The number of amides is 1. The van der Waals surface area contributed by atoms with Crippen LogP contribution in [0.5, 0.6) is 0 Å². The molecule has 0 bridgehead atoms. The molecule has 2 aromatic heterocycles. The number of para-hydroxylation sites is 1. The summed E-state index contributed by atoms with van der Waals surface area (Å²) >= 11 is 13.4. The second-order valence-corrected chi connectivity index (χ2v) is 9.26. The Morgan fingerprint density at radius 2 is 2.03 bits per heavy atom. The standard InChI is InChI=1S/C21H21Cl2N5O2S/c1-13(20(29)27-19-16(23)10-14(22)11-24-19)31-21-15-4-2-3-5-17(15)25-18(26-21)12-28-6-8-30-9-7-28/h2-5,10-11,13H,6-9,12H2,1H3,(H,24,27,29). The van der Waals surface area contributed by atoms with Gasteiger partial charge >= 0.3 is 0 Å². The van der Waals surface area contributed by atoms with Crippen LogP contribution in [0.1, 0.15) is 12.7 Å². The van der Waals surface area contributed by atoms with Gasteiger partial charge in [-0.25, -0.2) is 15.0 Å². The summed E-state index contributed by atoms with van der Waals surface area (Å²) in [5, 5.41) is 4.72. The molecule has 0 spiro atoms. The van der Waals surface area contributed by atoms with Crippen LogP contribution < -0.4 is 5.32 Å². The Labute approximate surface area is 194 Å². The van der Waals surface area contributed by atoms with Gasteiger partial charge < -0.3 is 10.1 Å². The van der Waals surface area contributed by atoms with Crippen LogP contribution in [0.2, 0.25) is 10.0 Å². The molecule has 1 saturated heterocycles. The lowest BCUT2D eigenvalue weighted by Crippen LogP contribution is -2.36. The first-order valence-electron chi connectivity index (χ1n) is 9.84. The first-order chi connectivity index (χ1) is 15.0. The Kier molecular flexibility index (Phi) is 7.24. The van der Waals surface area contributed by atoms with Crippen molar-refractivity contribution in [2.24, 2.45) is 0 Å². The van der Waals surface area contributed by atoms with Crippen LogP contribution in [-0.2, 0) is 16.1 Å². The quantitative estimate of drug-likeness (QED) is 0.418. The maximum absolute atomic E-state index is 12.8. The Balaban J connectivity index is 1.53. The molecule has 0 aliphatic carbocycles. The van der Waals surface area contributed by atoms with Gasteiger partial charge in [0.05, 0.1) is 40.6 Å². The molecular weight excluding hydrogens is 457 g/mol. The third kappa shape index (κ3) is 5.64. The molecule has 1 aromatic carbocycles. The summed E-state index contributed by atoms with van der Waals surface area (Å²) in [5.74, 6) is 0.793. The largest absolute Gasteiger partial charge is 0.379 e. The Morgan fingerprint density at radius 3 is 2.81 bits per heavy atom. The molecule has 7 nitrogen and oxygen atoms in total. The van der Waals surface area contributed by atoms with Crippen LogP contribution in [0.15, 0.2) is 41.6 Å². The lowest BCUT2D eigenvalue weighted by Gasteiger charge is -2.26. The number of morpholine rings is 1.